The predicted octanol–water partition coefficient (Wildman–Crippen LogP) is 2.61. The molecule has 1 saturated carbocycles. The van der Waals surface area contributed by atoms with E-state index in [-0.39, 0.29) is 12.0 Å². The van der Waals surface area contributed by atoms with Gasteiger partial charge in [0.05, 0.1) is 5.41 Å². The average Bonchev–Trinajstić information content (AvgIpc) is 2.48. The van der Waals surface area contributed by atoms with Crippen LogP contribution in [0.1, 0.15) is 45.4 Å². The number of hydrogen-bond donors (Lipinski definition) is 3. The lowest BCUT2D eigenvalue weighted by Gasteiger charge is -2.23. The lowest BCUT2D eigenvalue weighted by atomic mass is 9.80. The van der Waals surface area contributed by atoms with Gasteiger partial charge in [-0.3, -0.25) is 4.79 Å². The number of allylic oxidation sites excluding steroid dienone is 2. The van der Waals surface area contributed by atoms with E-state index in [0.29, 0.717) is 12.5 Å². The Morgan fingerprint density at radius 1 is 1.24 bits per heavy atom. The summed E-state index contributed by atoms with van der Waals surface area (Å²) in [5.74, 6) is -1.42. The largest absolute Gasteiger partial charge is 0.481 e. The molecule has 21 heavy (non-hydrogen) atoms. The Labute approximate surface area is 125 Å². The highest BCUT2D eigenvalue weighted by atomic mass is 16.4. The van der Waals surface area contributed by atoms with Crippen LogP contribution in [0.4, 0.5) is 0 Å². The molecule has 5 nitrogen and oxygen atoms in total. The highest BCUT2D eigenvalue weighted by Crippen LogP contribution is 2.31. The summed E-state index contributed by atoms with van der Waals surface area (Å²) >= 11 is 0. The van der Waals surface area contributed by atoms with Crippen molar-refractivity contribution in [2.45, 2.75) is 45.4 Å². The maximum atomic E-state index is 10.8. The molecule has 3 N–H and O–H groups in total. The number of aliphatic hydroxyl groups is 1. The Balaban J connectivity index is 0.000000235. The minimum absolute atomic E-state index is 0.0359. The summed E-state index contributed by atoms with van der Waals surface area (Å²) in [6.45, 7) is 1.92. The van der Waals surface area contributed by atoms with Crippen molar-refractivity contribution in [1.82, 2.24) is 0 Å². The molecule has 0 amide bonds. The first-order valence-electron chi connectivity index (χ1n) is 7.35. The van der Waals surface area contributed by atoms with Crippen molar-refractivity contribution in [3.05, 3.63) is 23.8 Å². The van der Waals surface area contributed by atoms with Gasteiger partial charge in [0.1, 0.15) is 0 Å². The van der Waals surface area contributed by atoms with Crippen LogP contribution in [0.25, 0.3) is 0 Å². The average molecular weight is 296 g/mol. The normalized spacial score (nSPS) is 25.5. The molecule has 0 aliphatic heterocycles. The van der Waals surface area contributed by atoms with E-state index in [9.17, 15) is 9.59 Å². The van der Waals surface area contributed by atoms with Crippen molar-refractivity contribution >= 4 is 11.9 Å². The van der Waals surface area contributed by atoms with Crippen LogP contribution in [0.15, 0.2) is 23.8 Å². The minimum Gasteiger partial charge on any atom is -0.481 e. The number of rotatable bonds is 3. The van der Waals surface area contributed by atoms with Crippen LogP contribution in [0.5, 0.6) is 0 Å². The van der Waals surface area contributed by atoms with Gasteiger partial charge < -0.3 is 15.3 Å². The molecule has 0 aromatic rings. The van der Waals surface area contributed by atoms with Gasteiger partial charge in [-0.15, -0.1) is 0 Å². The van der Waals surface area contributed by atoms with Gasteiger partial charge in [-0.2, -0.15) is 0 Å². The van der Waals surface area contributed by atoms with Crippen molar-refractivity contribution in [2.75, 3.05) is 6.61 Å². The van der Waals surface area contributed by atoms with E-state index in [2.05, 4.69) is 0 Å². The van der Waals surface area contributed by atoms with Crippen LogP contribution >= 0.6 is 0 Å². The number of carboxylic acid groups (broad SMARTS) is 2. The second kappa shape index (κ2) is 7.98. The maximum absolute atomic E-state index is 10.8. The quantitative estimate of drug-likeness (QED) is 0.744. The molecule has 2 aliphatic carbocycles. The van der Waals surface area contributed by atoms with Crippen molar-refractivity contribution in [3.8, 4) is 0 Å². The van der Waals surface area contributed by atoms with Crippen molar-refractivity contribution in [2.24, 2.45) is 11.3 Å². The standard InChI is InChI=1S/C9H10O4.C7H14O/c1-9(8(12)13)4-2-3-6(5-9)7(10)11;8-6-7-4-2-1-3-5-7/h2-4H,5H2,1H3,(H,10,11)(H,12,13);7-8H,1-6H2. The zero-order chi connectivity index (χ0) is 15.9. The molecule has 118 valence electrons. The Morgan fingerprint density at radius 2 is 1.86 bits per heavy atom. The van der Waals surface area contributed by atoms with E-state index in [0.717, 1.165) is 0 Å². The monoisotopic (exact) mass is 296 g/mol. The molecule has 0 bridgehead atoms. The third-order valence-corrected chi connectivity index (χ3v) is 4.07. The van der Waals surface area contributed by atoms with Crippen LogP contribution in [-0.2, 0) is 9.59 Å². The molecule has 0 heterocycles. The Bertz CT molecular complexity index is 432. The highest BCUT2D eigenvalue weighted by molar-refractivity contribution is 5.90. The molecule has 0 aromatic carbocycles. The fraction of sp³-hybridized carbons (Fsp3) is 0.625. The van der Waals surface area contributed by atoms with Crippen molar-refractivity contribution in [1.29, 1.82) is 0 Å². The minimum atomic E-state index is -1.08. The zero-order valence-electron chi connectivity index (χ0n) is 12.4. The number of carboxylic acids is 2. The topological polar surface area (TPSA) is 94.8 Å². The van der Waals surface area contributed by atoms with Crippen molar-refractivity contribution < 1.29 is 24.9 Å². The summed E-state index contributed by atoms with van der Waals surface area (Å²) in [5, 5.41) is 26.2. The highest BCUT2D eigenvalue weighted by Gasteiger charge is 2.34. The van der Waals surface area contributed by atoms with Crippen molar-refractivity contribution in [3.63, 3.8) is 0 Å². The molecule has 2 rings (SSSR count). The molecule has 1 fully saturated rings. The van der Waals surface area contributed by atoms with Gasteiger partial charge in [0.25, 0.3) is 0 Å². The summed E-state index contributed by atoms with van der Waals surface area (Å²) in [6.07, 6.45) is 11.0. The van der Waals surface area contributed by atoms with Gasteiger partial charge in [0.2, 0.25) is 0 Å². The maximum Gasteiger partial charge on any atom is 0.331 e. The molecule has 0 radical (unpaired) electrons. The number of hydrogen-bond acceptors (Lipinski definition) is 3. The molecule has 5 heteroatoms. The van der Waals surface area contributed by atoms with Gasteiger partial charge in [-0.1, -0.05) is 37.5 Å². The second-order valence-electron chi connectivity index (χ2n) is 5.94. The summed E-state index contributed by atoms with van der Waals surface area (Å²) in [6, 6.07) is 0. The first kappa shape index (κ1) is 17.4. The molecular weight excluding hydrogens is 272 g/mol. The van der Waals surface area contributed by atoms with E-state index in [1.807, 2.05) is 0 Å². The van der Waals surface area contributed by atoms with Gasteiger partial charge in [-0.25, -0.2) is 4.79 Å². The number of aliphatic carboxylic acids is 2. The summed E-state index contributed by atoms with van der Waals surface area (Å²) in [4.78, 5) is 21.3. The number of aliphatic hydroxyl groups excluding tert-OH is 1. The van der Waals surface area contributed by atoms with Crippen LogP contribution in [0, 0.1) is 11.3 Å². The first-order chi connectivity index (χ1) is 9.89. The Hall–Kier alpha value is -1.62. The van der Waals surface area contributed by atoms with E-state index in [4.69, 9.17) is 15.3 Å². The molecule has 1 unspecified atom stereocenters. The molecule has 0 saturated heterocycles. The van der Waals surface area contributed by atoms with Crippen LogP contribution < -0.4 is 0 Å². The second-order valence-corrected chi connectivity index (χ2v) is 5.94. The van der Waals surface area contributed by atoms with E-state index in [1.54, 1.807) is 0 Å². The summed E-state index contributed by atoms with van der Waals surface area (Å²) < 4.78 is 0. The third-order valence-electron chi connectivity index (χ3n) is 4.07. The Kier molecular flexibility index (Phi) is 6.62. The summed E-state index contributed by atoms with van der Waals surface area (Å²) in [5.41, 5.74) is -0.949. The lowest BCUT2D eigenvalue weighted by Crippen LogP contribution is -2.28. The number of carbonyl (C=O) groups is 2. The molecular formula is C16H24O5. The third kappa shape index (κ3) is 5.34. The van der Waals surface area contributed by atoms with E-state index < -0.39 is 17.4 Å². The summed E-state index contributed by atoms with van der Waals surface area (Å²) in [7, 11) is 0. The fourth-order valence-electron chi connectivity index (χ4n) is 2.55. The molecule has 0 aromatic heterocycles. The lowest BCUT2D eigenvalue weighted by molar-refractivity contribution is -0.145. The predicted molar refractivity (Wildman–Crippen MR) is 78.9 cm³/mol. The molecule has 0 spiro atoms. The smallest absolute Gasteiger partial charge is 0.331 e. The Morgan fingerprint density at radius 3 is 2.29 bits per heavy atom. The fourth-order valence-corrected chi connectivity index (χ4v) is 2.55. The van der Waals surface area contributed by atoms with E-state index in [1.165, 1.54) is 57.3 Å². The van der Waals surface area contributed by atoms with Gasteiger partial charge in [0, 0.05) is 12.2 Å². The van der Waals surface area contributed by atoms with Crippen LogP contribution in [0.3, 0.4) is 0 Å². The van der Waals surface area contributed by atoms with Gasteiger partial charge in [0.15, 0.2) is 0 Å². The van der Waals surface area contributed by atoms with E-state index >= 15 is 0 Å². The molecule has 1 atom stereocenters. The van der Waals surface area contributed by atoms with Crippen LogP contribution in [0.2, 0.25) is 0 Å². The molecule has 2 aliphatic rings. The van der Waals surface area contributed by atoms with Gasteiger partial charge in [-0.05, 0) is 32.1 Å². The SMILES string of the molecule is CC1(C(=O)O)C=CC=C(C(=O)O)C1.OCC1CCCCC1. The zero-order valence-corrected chi connectivity index (χ0v) is 12.4. The first-order valence-corrected chi connectivity index (χ1v) is 7.35. The van der Waals surface area contributed by atoms with Gasteiger partial charge >= 0.3 is 11.9 Å². The van der Waals surface area contributed by atoms with Crippen LogP contribution in [-0.4, -0.2) is 33.9 Å².